The molecule has 2 atom stereocenters. The number of methoxy groups -OCH3 is 1. The standard InChI is InChI=1S/C16H15Cl2NO4/c1-7-12(15(20)21)14(10-5-4-9(17)6-11(10)18)13(8(2)19-7)16(22)23-3/h4-6,12,14H,1-3H3,(H,20,21)/p-1/t12?,14-/m0/s1. The number of allylic oxidation sites excluding steroid dienone is 1. The van der Waals surface area contributed by atoms with E-state index in [1.165, 1.54) is 13.2 Å². The number of benzene rings is 1. The molecule has 0 aliphatic carbocycles. The number of carbonyl (C=O) groups excluding carboxylic acids is 2. The van der Waals surface area contributed by atoms with E-state index in [9.17, 15) is 14.7 Å². The Hall–Kier alpha value is -1.85. The molecule has 0 fully saturated rings. The molecule has 7 heteroatoms. The maximum Gasteiger partial charge on any atom is 0.336 e. The number of carboxylic acids is 1. The van der Waals surface area contributed by atoms with Crippen LogP contribution in [0.3, 0.4) is 0 Å². The summed E-state index contributed by atoms with van der Waals surface area (Å²) in [6.07, 6.45) is 0. The summed E-state index contributed by atoms with van der Waals surface area (Å²) in [5, 5.41) is 12.3. The zero-order chi connectivity index (χ0) is 17.3. The fourth-order valence-electron chi connectivity index (χ4n) is 2.81. The Morgan fingerprint density at radius 3 is 2.43 bits per heavy atom. The summed E-state index contributed by atoms with van der Waals surface area (Å²) in [6.45, 7) is 3.20. The number of halogens is 2. The lowest BCUT2D eigenvalue weighted by Gasteiger charge is -2.33. The number of aliphatic carboxylic acids is 1. The minimum atomic E-state index is -1.34. The number of hydrogen-bond acceptors (Lipinski definition) is 5. The Balaban J connectivity index is 2.72. The molecule has 2 rings (SSSR count). The summed E-state index contributed by atoms with van der Waals surface area (Å²) in [5.74, 6) is -3.96. The lowest BCUT2D eigenvalue weighted by molar-refractivity contribution is -0.309. The van der Waals surface area contributed by atoms with E-state index in [0.29, 0.717) is 22.0 Å². The van der Waals surface area contributed by atoms with Crippen molar-refractivity contribution in [1.82, 2.24) is 0 Å². The van der Waals surface area contributed by atoms with Crippen LogP contribution in [0.25, 0.3) is 0 Å². The van der Waals surface area contributed by atoms with E-state index in [-0.39, 0.29) is 10.6 Å². The number of rotatable bonds is 3. The predicted octanol–water partition coefficient (Wildman–Crippen LogP) is 2.36. The second-order valence-corrected chi connectivity index (χ2v) is 6.03. The third-order valence-corrected chi connectivity index (χ3v) is 4.35. The third kappa shape index (κ3) is 3.26. The normalized spacial score (nSPS) is 21.0. The van der Waals surface area contributed by atoms with E-state index in [1.807, 2.05) is 0 Å². The third-order valence-electron chi connectivity index (χ3n) is 3.79. The fourth-order valence-corrected chi connectivity index (χ4v) is 3.33. The lowest BCUT2D eigenvalue weighted by atomic mass is 9.75. The fraction of sp³-hybridized carbons (Fsp3) is 0.312. The van der Waals surface area contributed by atoms with Gasteiger partial charge in [0.05, 0.1) is 18.7 Å². The van der Waals surface area contributed by atoms with E-state index in [4.69, 9.17) is 27.9 Å². The van der Waals surface area contributed by atoms with Gasteiger partial charge >= 0.3 is 5.97 Å². The van der Waals surface area contributed by atoms with E-state index in [2.05, 4.69) is 4.99 Å². The first kappa shape index (κ1) is 17.5. The van der Waals surface area contributed by atoms with Crippen LogP contribution in [0, 0.1) is 5.92 Å². The van der Waals surface area contributed by atoms with E-state index in [0.717, 1.165) is 0 Å². The molecular formula is C16H14Cl2NO4-. The molecular weight excluding hydrogens is 341 g/mol. The molecule has 1 aliphatic rings. The average Bonchev–Trinajstić information content (AvgIpc) is 2.45. The van der Waals surface area contributed by atoms with Crippen molar-refractivity contribution in [1.29, 1.82) is 0 Å². The number of hydrogen-bond donors (Lipinski definition) is 0. The molecule has 23 heavy (non-hydrogen) atoms. The number of nitrogens with zero attached hydrogens (tertiary/aromatic N) is 1. The van der Waals surface area contributed by atoms with E-state index in [1.54, 1.807) is 26.0 Å². The Morgan fingerprint density at radius 2 is 1.91 bits per heavy atom. The second-order valence-electron chi connectivity index (χ2n) is 5.18. The van der Waals surface area contributed by atoms with Gasteiger partial charge in [-0.05, 0) is 31.5 Å². The van der Waals surface area contributed by atoms with Crippen molar-refractivity contribution in [3.8, 4) is 0 Å². The molecule has 0 aromatic heterocycles. The van der Waals surface area contributed by atoms with Gasteiger partial charge in [-0.15, -0.1) is 0 Å². The van der Waals surface area contributed by atoms with Gasteiger partial charge < -0.3 is 14.6 Å². The number of ether oxygens (including phenoxy) is 1. The smallest absolute Gasteiger partial charge is 0.336 e. The molecule has 5 nitrogen and oxygen atoms in total. The summed E-state index contributed by atoms with van der Waals surface area (Å²) in [5.41, 5.74) is 1.34. The highest BCUT2D eigenvalue weighted by molar-refractivity contribution is 6.35. The van der Waals surface area contributed by atoms with Crippen molar-refractivity contribution in [2.24, 2.45) is 10.9 Å². The van der Waals surface area contributed by atoms with E-state index < -0.39 is 23.8 Å². The van der Waals surface area contributed by atoms with Crippen LogP contribution in [0.4, 0.5) is 0 Å². The molecule has 0 saturated carbocycles. The molecule has 1 aromatic rings. The van der Waals surface area contributed by atoms with Gasteiger partial charge in [0.1, 0.15) is 0 Å². The highest BCUT2D eigenvalue weighted by Crippen LogP contribution is 2.42. The maximum absolute atomic E-state index is 12.2. The van der Waals surface area contributed by atoms with Crippen molar-refractivity contribution < 1.29 is 19.4 Å². The van der Waals surface area contributed by atoms with Crippen LogP contribution < -0.4 is 5.11 Å². The lowest BCUT2D eigenvalue weighted by Crippen LogP contribution is -2.42. The quantitative estimate of drug-likeness (QED) is 0.780. The van der Waals surface area contributed by atoms with Gasteiger partial charge in [-0.3, -0.25) is 4.99 Å². The zero-order valence-electron chi connectivity index (χ0n) is 12.7. The molecule has 0 saturated heterocycles. The van der Waals surface area contributed by atoms with E-state index >= 15 is 0 Å². The van der Waals surface area contributed by atoms with Crippen LogP contribution in [-0.2, 0) is 14.3 Å². The van der Waals surface area contributed by atoms with Crippen molar-refractivity contribution in [3.05, 3.63) is 45.1 Å². The van der Waals surface area contributed by atoms with Gasteiger partial charge in [-0.25, -0.2) is 4.79 Å². The first-order chi connectivity index (χ1) is 10.8. The van der Waals surface area contributed by atoms with Crippen molar-refractivity contribution in [3.63, 3.8) is 0 Å². The molecule has 0 amide bonds. The Kier molecular flexibility index (Phi) is 5.12. The van der Waals surface area contributed by atoms with Crippen molar-refractivity contribution >= 4 is 40.9 Å². The first-order valence-corrected chi connectivity index (χ1v) is 7.53. The van der Waals surface area contributed by atoms with Crippen LogP contribution in [-0.4, -0.2) is 24.8 Å². The molecule has 0 spiro atoms. The molecule has 1 aromatic carbocycles. The van der Waals surface area contributed by atoms with Crippen LogP contribution in [0.2, 0.25) is 10.0 Å². The summed E-state index contributed by atoms with van der Waals surface area (Å²) >= 11 is 12.1. The summed E-state index contributed by atoms with van der Waals surface area (Å²) < 4.78 is 4.79. The molecule has 0 radical (unpaired) electrons. The molecule has 0 N–H and O–H groups in total. The van der Waals surface area contributed by atoms with Gasteiger partial charge in [0, 0.05) is 33.3 Å². The topological polar surface area (TPSA) is 78.8 Å². The van der Waals surface area contributed by atoms with Gasteiger partial charge in [0.15, 0.2) is 0 Å². The minimum absolute atomic E-state index is 0.150. The summed E-state index contributed by atoms with van der Waals surface area (Å²) in [7, 11) is 1.22. The minimum Gasteiger partial charge on any atom is -0.549 e. The Labute approximate surface area is 143 Å². The predicted molar refractivity (Wildman–Crippen MR) is 85.5 cm³/mol. The summed E-state index contributed by atoms with van der Waals surface area (Å²) in [6, 6.07) is 4.68. The van der Waals surface area contributed by atoms with Gasteiger partial charge in [-0.1, -0.05) is 29.3 Å². The maximum atomic E-state index is 12.2. The highest BCUT2D eigenvalue weighted by Gasteiger charge is 2.39. The monoisotopic (exact) mass is 354 g/mol. The Bertz CT molecular complexity index is 740. The number of esters is 1. The molecule has 0 bridgehead atoms. The molecule has 1 heterocycles. The van der Waals surface area contributed by atoms with Gasteiger partial charge in [0.25, 0.3) is 0 Å². The number of carboxylic acid groups (broad SMARTS) is 1. The summed E-state index contributed by atoms with van der Waals surface area (Å²) in [4.78, 5) is 28.0. The van der Waals surface area contributed by atoms with Crippen LogP contribution in [0.1, 0.15) is 25.3 Å². The van der Waals surface area contributed by atoms with Gasteiger partial charge in [-0.2, -0.15) is 0 Å². The number of aliphatic imine (C=N–C) groups is 1. The zero-order valence-corrected chi connectivity index (χ0v) is 14.2. The average molecular weight is 355 g/mol. The first-order valence-electron chi connectivity index (χ1n) is 6.78. The van der Waals surface area contributed by atoms with Crippen LogP contribution in [0.5, 0.6) is 0 Å². The highest BCUT2D eigenvalue weighted by atomic mass is 35.5. The molecule has 1 unspecified atom stereocenters. The molecule has 1 aliphatic heterocycles. The second kappa shape index (κ2) is 6.72. The SMILES string of the molecule is COC(=O)C1=C(C)N=C(C)C(C(=O)[O-])[C@@H]1c1ccc(Cl)cc1Cl. The Morgan fingerprint density at radius 1 is 1.26 bits per heavy atom. The van der Waals surface area contributed by atoms with Crippen molar-refractivity contribution in [2.75, 3.05) is 7.11 Å². The molecule has 122 valence electrons. The van der Waals surface area contributed by atoms with Gasteiger partial charge in [0.2, 0.25) is 0 Å². The van der Waals surface area contributed by atoms with Crippen LogP contribution >= 0.6 is 23.2 Å². The van der Waals surface area contributed by atoms with Crippen molar-refractivity contribution in [2.45, 2.75) is 19.8 Å². The number of carbonyl (C=O) groups is 2. The van der Waals surface area contributed by atoms with Crippen LogP contribution in [0.15, 0.2) is 34.5 Å². The largest absolute Gasteiger partial charge is 0.549 e.